The number of nitrogens with zero attached hydrogens (tertiary/aromatic N) is 3. The van der Waals surface area contributed by atoms with Crippen LogP contribution in [0.4, 0.5) is 11.5 Å². The number of thiophene rings is 1. The van der Waals surface area contributed by atoms with Gasteiger partial charge in [-0.3, -0.25) is 4.79 Å². The number of benzene rings is 1. The maximum absolute atomic E-state index is 13.3. The smallest absolute Gasteiger partial charge is 0.247 e. The number of fused-ring (bicyclic) bond motifs is 3. The third-order valence-electron chi connectivity index (χ3n) is 6.17. The predicted molar refractivity (Wildman–Crippen MR) is 121 cm³/mol. The molecule has 1 saturated heterocycles. The quantitative estimate of drug-likeness (QED) is 0.671. The van der Waals surface area contributed by atoms with Gasteiger partial charge in [-0.2, -0.15) is 0 Å². The monoisotopic (exact) mass is 422 g/mol. The molecule has 1 atom stereocenters. The number of hydrogen-bond donors (Lipinski definition) is 1. The number of hydrogen-bond acceptors (Lipinski definition) is 6. The Morgan fingerprint density at radius 2 is 2.10 bits per heavy atom. The van der Waals surface area contributed by atoms with Crippen LogP contribution < -0.4 is 15.0 Å². The van der Waals surface area contributed by atoms with Crippen molar-refractivity contribution in [3.8, 4) is 5.75 Å². The van der Waals surface area contributed by atoms with Crippen molar-refractivity contribution in [3.05, 3.63) is 40.5 Å². The van der Waals surface area contributed by atoms with Crippen molar-refractivity contribution in [1.82, 2.24) is 9.97 Å². The summed E-state index contributed by atoms with van der Waals surface area (Å²) in [5, 5.41) is 4.27. The molecule has 1 fully saturated rings. The van der Waals surface area contributed by atoms with Crippen molar-refractivity contribution in [2.45, 2.75) is 51.5 Å². The molecule has 2 aliphatic rings. The zero-order valence-corrected chi connectivity index (χ0v) is 18.2. The summed E-state index contributed by atoms with van der Waals surface area (Å²) in [5.41, 5.74) is 3.20. The summed E-state index contributed by atoms with van der Waals surface area (Å²) in [7, 11) is 1.62. The molecule has 2 aromatic heterocycles. The van der Waals surface area contributed by atoms with Crippen LogP contribution in [0, 0.1) is 6.92 Å². The van der Waals surface area contributed by atoms with Gasteiger partial charge in [0, 0.05) is 11.4 Å². The van der Waals surface area contributed by atoms with E-state index in [1.807, 2.05) is 25.1 Å². The fourth-order valence-electron chi connectivity index (χ4n) is 4.72. The molecule has 1 N–H and O–H groups in total. The van der Waals surface area contributed by atoms with E-state index in [9.17, 15) is 4.79 Å². The lowest BCUT2D eigenvalue weighted by atomic mass is 9.97. The second kappa shape index (κ2) is 7.87. The molecule has 0 spiro atoms. The van der Waals surface area contributed by atoms with Crippen molar-refractivity contribution in [3.63, 3.8) is 0 Å². The number of aromatic nitrogens is 2. The second-order valence-electron chi connectivity index (χ2n) is 8.13. The normalized spacial score (nSPS) is 18.5. The first-order chi connectivity index (χ1) is 14.7. The predicted octanol–water partition coefficient (Wildman–Crippen LogP) is 4.49. The Hall–Kier alpha value is -2.67. The minimum absolute atomic E-state index is 0.00717. The highest BCUT2D eigenvalue weighted by molar-refractivity contribution is 7.19. The molecule has 1 aliphatic heterocycles. The molecule has 6 nitrogen and oxygen atoms in total. The van der Waals surface area contributed by atoms with Crippen LogP contribution in [0.3, 0.4) is 0 Å². The number of nitrogens with one attached hydrogen (secondary N) is 1. The summed E-state index contributed by atoms with van der Waals surface area (Å²) < 4.78 is 5.44. The lowest BCUT2D eigenvalue weighted by molar-refractivity contribution is -0.117. The molecule has 1 unspecified atom stereocenters. The largest absolute Gasteiger partial charge is 0.495 e. The number of carbonyl (C=O) groups excluding carboxylic acids is 1. The van der Waals surface area contributed by atoms with Crippen LogP contribution in [0.1, 0.15) is 41.7 Å². The molecule has 1 aromatic carbocycles. The Bertz CT molecular complexity index is 1110. The summed E-state index contributed by atoms with van der Waals surface area (Å²) in [5.74, 6) is 1.59. The Labute approximate surface area is 180 Å². The van der Waals surface area contributed by atoms with Gasteiger partial charge >= 0.3 is 0 Å². The van der Waals surface area contributed by atoms with Crippen LogP contribution in [0.5, 0.6) is 5.75 Å². The summed E-state index contributed by atoms with van der Waals surface area (Å²) in [6.07, 6.45) is 8.11. The number of ether oxygens (including phenoxy) is 1. The van der Waals surface area contributed by atoms with Gasteiger partial charge in [-0.25, -0.2) is 9.97 Å². The van der Waals surface area contributed by atoms with Gasteiger partial charge in [0.2, 0.25) is 5.91 Å². The molecule has 0 radical (unpaired) electrons. The zero-order chi connectivity index (χ0) is 20.7. The van der Waals surface area contributed by atoms with Gasteiger partial charge in [0.05, 0.1) is 18.2 Å². The van der Waals surface area contributed by atoms with E-state index in [0.29, 0.717) is 5.75 Å². The van der Waals surface area contributed by atoms with Gasteiger partial charge in [-0.05, 0) is 68.7 Å². The number of anilines is 2. The maximum atomic E-state index is 13.3. The van der Waals surface area contributed by atoms with Gasteiger partial charge in [-0.15, -0.1) is 11.3 Å². The van der Waals surface area contributed by atoms with Gasteiger partial charge < -0.3 is 15.0 Å². The van der Waals surface area contributed by atoms with Gasteiger partial charge in [0.25, 0.3) is 0 Å². The molecule has 1 aliphatic carbocycles. The number of methoxy groups -OCH3 is 1. The molecule has 5 rings (SSSR count). The average molecular weight is 423 g/mol. The van der Waals surface area contributed by atoms with Crippen molar-refractivity contribution >= 4 is 39.0 Å². The summed E-state index contributed by atoms with van der Waals surface area (Å²) in [4.78, 5) is 27.2. The molecule has 156 valence electrons. The number of aryl methyl sites for hydroxylation is 3. The van der Waals surface area contributed by atoms with E-state index in [0.717, 1.165) is 54.1 Å². The highest BCUT2D eigenvalue weighted by Crippen LogP contribution is 2.41. The minimum atomic E-state index is -0.243. The highest BCUT2D eigenvalue weighted by Gasteiger charge is 2.34. The number of amides is 1. The molecule has 30 heavy (non-hydrogen) atoms. The molecular weight excluding hydrogens is 396 g/mol. The maximum Gasteiger partial charge on any atom is 0.247 e. The van der Waals surface area contributed by atoms with Crippen LogP contribution >= 0.6 is 11.3 Å². The van der Waals surface area contributed by atoms with E-state index < -0.39 is 0 Å². The molecular formula is C23H26N4O2S. The fraction of sp³-hybridized carbons (Fsp3) is 0.435. The Balaban J connectivity index is 1.48. The van der Waals surface area contributed by atoms with Crippen LogP contribution in [0.2, 0.25) is 0 Å². The van der Waals surface area contributed by atoms with E-state index in [4.69, 9.17) is 4.74 Å². The van der Waals surface area contributed by atoms with E-state index >= 15 is 0 Å². The van der Waals surface area contributed by atoms with Crippen LogP contribution in [-0.4, -0.2) is 35.6 Å². The third-order valence-corrected chi connectivity index (χ3v) is 7.37. The lowest BCUT2D eigenvalue weighted by Gasteiger charge is -2.26. The van der Waals surface area contributed by atoms with E-state index in [2.05, 4.69) is 20.2 Å². The van der Waals surface area contributed by atoms with Crippen LogP contribution in [0.25, 0.3) is 10.2 Å². The standard InChI is InChI=1S/C23H26N4O2S/c1-14-9-10-18(29-2)16(12-14)26-22(28)17-7-5-11-27(17)21-20-15-6-3-4-8-19(15)30-23(20)25-13-24-21/h9-10,12-13,17H,3-8,11H2,1-2H3,(H,26,28). The van der Waals surface area contributed by atoms with Crippen molar-refractivity contribution in [2.75, 3.05) is 23.9 Å². The highest BCUT2D eigenvalue weighted by atomic mass is 32.1. The molecule has 3 heterocycles. The first-order valence-corrected chi connectivity index (χ1v) is 11.4. The Morgan fingerprint density at radius 1 is 1.23 bits per heavy atom. The second-order valence-corrected chi connectivity index (χ2v) is 9.22. The van der Waals surface area contributed by atoms with Gasteiger partial charge in [0.15, 0.2) is 0 Å². The average Bonchev–Trinajstić information content (AvgIpc) is 3.38. The van der Waals surface area contributed by atoms with Gasteiger partial charge in [0.1, 0.15) is 28.8 Å². The minimum Gasteiger partial charge on any atom is -0.495 e. The lowest BCUT2D eigenvalue weighted by Crippen LogP contribution is -2.40. The number of rotatable bonds is 4. The summed E-state index contributed by atoms with van der Waals surface area (Å²) >= 11 is 1.80. The molecule has 0 saturated carbocycles. The van der Waals surface area contributed by atoms with E-state index in [1.165, 1.54) is 28.7 Å². The SMILES string of the molecule is COc1ccc(C)cc1NC(=O)C1CCCN1c1ncnc2sc3c(c12)CCCC3. The first-order valence-electron chi connectivity index (χ1n) is 10.6. The van der Waals surface area contributed by atoms with Gasteiger partial charge in [-0.1, -0.05) is 6.07 Å². The van der Waals surface area contributed by atoms with E-state index in [-0.39, 0.29) is 11.9 Å². The van der Waals surface area contributed by atoms with Crippen molar-refractivity contribution < 1.29 is 9.53 Å². The summed E-state index contributed by atoms with van der Waals surface area (Å²) in [6, 6.07) is 5.58. The Kier molecular flexibility index (Phi) is 5.06. The summed E-state index contributed by atoms with van der Waals surface area (Å²) in [6.45, 7) is 2.84. The topological polar surface area (TPSA) is 67.3 Å². The molecule has 3 aromatic rings. The van der Waals surface area contributed by atoms with Crippen LogP contribution in [0.15, 0.2) is 24.5 Å². The van der Waals surface area contributed by atoms with E-state index in [1.54, 1.807) is 24.8 Å². The van der Waals surface area contributed by atoms with Crippen LogP contribution in [-0.2, 0) is 17.6 Å². The molecule has 7 heteroatoms. The fourth-order valence-corrected chi connectivity index (χ4v) is 5.94. The first kappa shape index (κ1) is 19.3. The van der Waals surface area contributed by atoms with Crippen molar-refractivity contribution in [2.24, 2.45) is 0 Å². The number of carbonyl (C=O) groups is 1. The zero-order valence-electron chi connectivity index (χ0n) is 17.4. The molecule has 1 amide bonds. The molecule has 0 bridgehead atoms. The Morgan fingerprint density at radius 3 is 2.97 bits per heavy atom. The third kappa shape index (κ3) is 3.31. The van der Waals surface area contributed by atoms with Crippen molar-refractivity contribution in [1.29, 1.82) is 0 Å².